The number of hydrogen-bond donors (Lipinski definition) is 1. The van der Waals surface area contributed by atoms with Gasteiger partial charge in [0.2, 0.25) is 5.82 Å². The average molecular weight is 345 g/mol. The van der Waals surface area contributed by atoms with E-state index in [0.29, 0.717) is 5.82 Å². The first kappa shape index (κ1) is 16.8. The summed E-state index contributed by atoms with van der Waals surface area (Å²) in [6, 6.07) is 4.11. The van der Waals surface area contributed by atoms with Crippen LogP contribution in [0, 0.1) is 13.8 Å². The number of hydrogen-bond acceptors (Lipinski definition) is 6. The van der Waals surface area contributed by atoms with Gasteiger partial charge in [-0.05, 0) is 61.1 Å². The number of thioether (sulfide) groups is 1. The van der Waals surface area contributed by atoms with Crippen LogP contribution in [0.4, 0.5) is 0 Å². The Labute approximate surface area is 146 Å². The lowest BCUT2D eigenvalue weighted by Gasteiger charge is -2.34. The van der Waals surface area contributed by atoms with Crippen molar-refractivity contribution in [2.45, 2.75) is 45.1 Å². The fraction of sp³-hybridized carbons (Fsp3) is 0.471. The molecule has 2 aromatic rings. The van der Waals surface area contributed by atoms with Crippen LogP contribution in [0.1, 0.15) is 31.4 Å². The maximum atomic E-state index is 6.42. The predicted molar refractivity (Wildman–Crippen MR) is 96.7 cm³/mol. The van der Waals surface area contributed by atoms with E-state index in [2.05, 4.69) is 66.0 Å². The summed E-state index contributed by atoms with van der Waals surface area (Å²) in [7, 11) is 1.76. The van der Waals surface area contributed by atoms with Gasteiger partial charge in [0.15, 0.2) is 0 Å². The average Bonchev–Trinajstić information content (AvgIpc) is 3.16. The summed E-state index contributed by atoms with van der Waals surface area (Å²) < 4.78 is 6.42. The fourth-order valence-electron chi connectivity index (χ4n) is 2.97. The van der Waals surface area contributed by atoms with E-state index in [0.717, 1.165) is 28.9 Å². The van der Waals surface area contributed by atoms with E-state index in [4.69, 9.17) is 4.74 Å². The molecule has 0 aliphatic carbocycles. The molecule has 2 heterocycles. The molecule has 0 saturated carbocycles. The van der Waals surface area contributed by atoms with Gasteiger partial charge in [0.05, 0.1) is 7.05 Å². The standard InChI is InChI=1S/C17H23N5OS/c1-6-14(17(4)18-7-8-24-17)23-15-11(2)9-13(10-12(15)3)16-19-21-22(5)20-16/h7-10,14,18H,6H2,1-5H3. The van der Waals surface area contributed by atoms with Gasteiger partial charge in [-0.1, -0.05) is 6.92 Å². The van der Waals surface area contributed by atoms with Crippen molar-refractivity contribution in [2.75, 3.05) is 0 Å². The molecule has 24 heavy (non-hydrogen) atoms. The fourth-order valence-corrected chi connectivity index (χ4v) is 3.89. The summed E-state index contributed by atoms with van der Waals surface area (Å²) in [5.74, 6) is 1.57. The van der Waals surface area contributed by atoms with Gasteiger partial charge in [0.1, 0.15) is 16.7 Å². The van der Waals surface area contributed by atoms with Gasteiger partial charge >= 0.3 is 0 Å². The number of tetrazole rings is 1. The van der Waals surface area contributed by atoms with E-state index in [9.17, 15) is 0 Å². The minimum absolute atomic E-state index is 0.0652. The lowest BCUT2D eigenvalue weighted by atomic mass is 10.0. The van der Waals surface area contributed by atoms with Crippen LogP contribution in [0.25, 0.3) is 11.4 Å². The number of rotatable bonds is 5. The van der Waals surface area contributed by atoms with Crippen LogP contribution in [0.5, 0.6) is 5.75 Å². The molecule has 2 unspecified atom stereocenters. The molecule has 0 radical (unpaired) electrons. The third kappa shape index (κ3) is 3.13. The number of aromatic nitrogens is 4. The molecule has 1 aliphatic heterocycles. The second-order valence-corrected chi connectivity index (χ2v) is 7.58. The molecule has 0 fully saturated rings. The number of benzene rings is 1. The van der Waals surface area contributed by atoms with E-state index >= 15 is 0 Å². The first-order chi connectivity index (χ1) is 11.4. The highest BCUT2D eigenvalue weighted by Crippen LogP contribution is 2.37. The Morgan fingerprint density at radius 2 is 2.04 bits per heavy atom. The maximum absolute atomic E-state index is 6.42. The van der Waals surface area contributed by atoms with Crippen molar-refractivity contribution >= 4 is 11.8 Å². The second-order valence-electron chi connectivity index (χ2n) is 6.23. The number of nitrogens with zero attached hydrogens (tertiary/aromatic N) is 4. The van der Waals surface area contributed by atoms with Crippen molar-refractivity contribution in [3.8, 4) is 17.1 Å². The molecule has 1 aromatic carbocycles. The maximum Gasteiger partial charge on any atom is 0.204 e. The lowest BCUT2D eigenvalue weighted by Crippen LogP contribution is -2.47. The van der Waals surface area contributed by atoms with Crippen LogP contribution < -0.4 is 10.1 Å². The summed E-state index contributed by atoms with van der Waals surface area (Å²) in [5.41, 5.74) is 3.12. The zero-order chi connectivity index (χ0) is 17.3. The van der Waals surface area contributed by atoms with Crippen LogP contribution >= 0.6 is 11.8 Å². The van der Waals surface area contributed by atoms with Gasteiger partial charge in [-0.2, -0.15) is 4.80 Å². The minimum Gasteiger partial charge on any atom is -0.487 e. The highest BCUT2D eigenvalue weighted by atomic mass is 32.2. The molecule has 6 nitrogen and oxygen atoms in total. The summed E-state index contributed by atoms with van der Waals surface area (Å²) in [4.78, 5) is 1.33. The Morgan fingerprint density at radius 1 is 1.33 bits per heavy atom. The van der Waals surface area contributed by atoms with E-state index in [1.165, 1.54) is 4.80 Å². The topological polar surface area (TPSA) is 64.9 Å². The molecule has 0 amide bonds. The van der Waals surface area contributed by atoms with Crippen LogP contribution in [0.3, 0.4) is 0 Å². The van der Waals surface area contributed by atoms with Crippen LogP contribution in [0.15, 0.2) is 23.7 Å². The SMILES string of the molecule is CCC(Oc1c(C)cc(-c2nnn(C)n2)cc1C)C1(C)NC=CS1. The van der Waals surface area contributed by atoms with Crippen molar-refractivity contribution in [3.63, 3.8) is 0 Å². The zero-order valence-electron chi connectivity index (χ0n) is 14.7. The third-order valence-electron chi connectivity index (χ3n) is 4.22. The lowest BCUT2D eigenvalue weighted by molar-refractivity contribution is 0.146. The minimum atomic E-state index is -0.140. The van der Waals surface area contributed by atoms with Gasteiger partial charge in [-0.15, -0.1) is 22.0 Å². The molecule has 0 spiro atoms. The van der Waals surface area contributed by atoms with Gasteiger partial charge in [-0.3, -0.25) is 0 Å². The van der Waals surface area contributed by atoms with Gasteiger partial charge in [0, 0.05) is 11.8 Å². The van der Waals surface area contributed by atoms with Crippen LogP contribution in [-0.2, 0) is 7.05 Å². The Morgan fingerprint density at radius 3 is 2.54 bits per heavy atom. The highest BCUT2D eigenvalue weighted by Gasteiger charge is 2.36. The van der Waals surface area contributed by atoms with Gasteiger partial charge in [0.25, 0.3) is 0 Å². The molecule has 3 rings (SSSR count). The highest BCUT2D eigenvalue weighted by molar-refractivity contribution is 8.03. The van der Waals surface area contributed by atoms with E-state index in [-0.39, 0.29) is 11.0 Å². The first-order valence-electron chi connectivity index (χ1n) is 8.05. The Kier molecular flexibility index (Phi) is 4.54. The molecule has 1 N–H and O–H groups in total. The van der Waals surface area contributed by atoms with E-state index in [1.54, 1.807) is 18.8 Å². The molecule has 128 valence electrons. The van der Waals surface area contributed by atoms with Crippen LogP contribution in [0.2, 0.25) is 0 Å². The summed E-state index contributed by atoms with van der Waals surface area (Å²) >= 11 is 1.76. The van der Waals surface area contributed by atoms with Crippen LogP contribution in [-0.4, -0.2) is 31.2 Å². The predicted octanol–water partition coefficient (Wildman–Crippen LogP) is 3.18. The van der Waals surface area contributed by atoms with E-state index < -0.39 is 0 Å². The van der Waals surface area contributed by atoms with Crippen molar-refractivity contribution in [2.24, 2.45) is 7.05 Å². The van der Waals surface area contributed by atoms with Gasteiger partial charge < -0.3 is 10.1 Å². The molecule has 1 aromatic heterocycles. The van der Waals surface area contributed by atoms with Crippen molar-refractivity contribution in [3.05, 3.63) is 34.9 Å². The molecular formula is C17H23N5OS. The molecule has 0 bridgehead atoms. The van der Waals surface area contributed by atoms with E-state index in [1.807, 2.05) is 6.20 Å². The summed E-state index contributed by atoms with van der Waals surface area (Å²) in [6.07, 6.45) is 2.97. The van der Waals surface area contributed by atoms with Crippen molar-refractivity contribution in [1.29, 1.82) is 0 Å². The molecule has 7 heteroatoms. The monoisotopic (exact) mass is 345 g/mol. The zero-order valence-corrected chi connectivity index (χ0v) is 15.5. The number of ether oxygens (including phenoxy) is 1. The first-order valence-corrected chi connectivity index (χ1v) is 8.93. The second kappa shape index (κ2) is 6.47. The van der Waals surface area contributed by atoms with Gasteiger partial charge in [-0.25, -0.2) is 0 Å². The Hall–Kier alpha value is -2.02. The van der Waals surface area contributed by atoms with Crippen molar-refractivity contribution in [1.82, 2.24) is 25.5 Å². The van der Waals surface area contributed by atoms with Crippen molar-refractivity contribution < 1.29 is 4.74 Å². The molecular weight excluding hydrogens is 322 g/mol. The normalized spacial score (nSPS) is 20.9. The molecule has 0 saturated heterocycles. The third-order valence-corrected chi connectivity index (χ3v) is 5.37. The molecule has 2 atom stereocenters. The summed E-state index contributed by atoms with van der Waals surface area (Å²) in [6.45, 7) is 8.45. The Balaban J connectivity index is 1.88. The number of aryl methyl sites for hydroxylation is 3. The summed E-state index contributed by atoms with van der Waals surface area (Å²) in [5, 5.41) is 17.8. The quantitative estimate of drug-likeness (QED) is 0.898. The smallest absolute Gasteiger partial charge is 0.204 e. The molecule has 1 aliphatic rings. The Bertz CT molecular complexity index is 739. The number of nitrogens with one attached hydrogen (secondary N) is 1. The largest absolute Gasteiger partial charge is 0.487 e.